The van der Waals surface area contributed by atoms with E-state index in [1.54, 1.807) is 36.1 Å². The lowest BCUT2D eigenvalue weighted by Gasteiger charge is -2.28. The average molecular weight is 488 g/mol. The molecule has 0 saturated carbocycles. The topological polar surface area (TPSA) is 49.4 Å². The van der Waals surface area contributed by atoms with E-state index in [0.29, 0.717) is 33.9 Å². The molecule has 0 aliphatic carbocycles. The number of hydrogen-bond acceptors (Lipinski definition) is 3. The number of rotatable bonds is 10. The van der Waals surface area contributed by atoms with Crippen LogP contribution in [0.25, 0.3) is 0 Å². The molecule has 2 aromatic rings. The Morgan fingerprint density at radius 1 is 1.03 bits per heavy atom. The van der Waals surface area contributed by atoms with Gasteiger partial charge in [-0.15, -0.1) is 11.8 Å². The Kier molecular flexibility index (Phi) is 10.3. The molecule has 1 N–H and O–H groups in total. The van der Waals surface area contributed by atoms with Gasteiger partial charge in [-0.05, 0) is 48.7 Å². The van der Waals surface area contributed by atoms with Gasteiger partial charge < -0.3 is 10.2 Å². The lowest BCUT2D eigenvalue weighted by Crippen LogP contribution is -2.48. The summed E-state index contributed by atoms with van der Waals surface area (Å²) in [5.74, 6) is 0.607. The van der Waals surface area contributed by atoms with Gasteiger partial charge in [-0.25, -0.2) is 0 Å². The van der Waals surface area contributed by atoms with E-state index in [0.717, 1.165) is 17.5 Å². The van der Waals surface area contributed by atoms with Gasteiger partial charge in [-0.1, -0.05) is 59.9 Å². The van der Waals surface area contributed by atoms with E-state index in [1.807, 2.05) is 25.1 Å². The molecule has 0 saturated heterocycles. The molecular weight excluding hydrogens is 463 g/mol. The molecular formula is C22H25Cl3N2O2S. The molecule has 0 bridgehead atoms. The molecule has 0 radical (unpaired) electrons. The summed E-state index contributed by atoms with van der Waals surface area (Å²) in [5, 5.41) is 4.49. The van der Waals surface area contributed by atoms with Gasteiger partial charge in [-0.2, -0.15) is 0 Å². The summed E-state index contributed by atoms with van der Waals surface area (Å²) in [6, 6.07) is 12.1. The van der Waals surface area contributed by atoms with Crippen molar-refractivity contribution in [3.8, 4) is 0 Å². The van der Waals surface area contributed by atoms with Crippen LogP contribution >= 0.6 is 46.6 Å². The summed E-state index contributed by atoms with van der Waals surface area (Å²) in [5.41, 5.74) is 1.90. The number of hydrogen-bond donors (Lipinski definition) is 1. The van der Waals surface area contributed by atoms with E-state index in [1.165, 1.54) is 11.8 Å². The molecule has 2 rings (SSSR count). The van der Waals surface area contributed by atoms with E-state index in [-0.39, 0.29) is 17.6 Å². The van der Waals surface area contributed by atoms with Crippen LogP contribution < -0.4 is 5.32 Å². The van der Waals surface area contributed by atoms with Gasteiger partial charge >= 0.3 is 0 Å². The molecule has 2 amide bonds. The zero-order valence-electron chi connectivity index (χ0n) is 17.0. The Hall–Kier alpha value is -1.40. The molecule has 162 valence electrons. The van der Waals surface area contributed by atoms with Crippen molar-refractivity contribution in [2.75, 3.05) is 12.3 Å². The Labute approximate surface area is 197 Å². The van der Waals surface area contributed by atoms with Gasteiger partial charge in [0.05, 0.1) is 15.8 Å². The highest BCUT2D eigenvalue weighted by molar-refractivity contribution is 7.99. The van der Waals surface area contributed by atoms with Crippen molar-refractivity contribution in [2.24, 2.45) is 0 Å². The normalized spacial score (nSPS) is 11.8. The van der Waals surface area contributed by atoms with Crippen molar-refractivity contribution in [3.05, 3.63) is 68.7 Å². The minimum Gasteiger partial charge on any atom is -0.354 e. The monoisotopic (exact) mass is 486 g/mol. The summed E-state index contributed by atoms with van der Waals surface area (Å²) in [7, 11) is 0. The third kappa shape index (κ3) is 7.69. The zero-order chi connectivity index (χ0) is 22.1. The smallest absolute Gasteiger partial charge is 0.242 e. The van der Waals surface area contributed by atoms with Gasteiger partial charge in [-0.3, -0.25) is 9.59 Å². The Morgan fingerprint density at radius 3 is 2.33 bits per heavy atom. The van der Waals surface area contributed by atoms with Crippen molar-refractivity contribution in [2.45, 2.75) is 38.6 Å². The fourth-order valence-electron chi connectivity index (χ4n) is 2.73. The first kappa shape index (κ1) is 24.9. The van der Waals surface area contributed by atoms with Crippen molar-refractivity contribution in [3.63, 3.8) is 0 Å². The Morgan fingerprint density at radius 2 is 1.70 bits per heavy atom. The summed E-state index contributed by atoms with van der Waals surface area (Å²) in [6.45, 7) is 4.66. The van der Waals surface area contributed by atoms with Gasteiger partial charge in [0.25, 0.3) is 0 Å². The van der Waals surface area contributed by atoms with Crippen molar-refractivity contribution >= 4 is 58.4 Å². The molecule has 0 fully saturated rings. The zero-order valence-corrected chi connectivity index (χ0v) is 20.0. The summed E-state index contributed by atoms with van der Waals surface area (Å²) < 4.78 is 0. The lowest BCUT2D eigenvalue weighted by atomic mass is 10.1. The van der Waals surface area contributed by atoms with E-state index in [2.05, 4.69) is 5.32 Å². The predicted octanol–water partition coefficient (Wildman–Crippen LogP) is 5.82. The van der Waals surface area contributed by atoms with Crippen LogP contribution in [0.15, 0.2) is 42.5 Å². The van der Waals surface area contributed by atoms with Crippen LogP contribution in [0.2, 0.25) is 15.1 Å². The van der Waals surface area contributed by atoms with Gasteiger partial charge in [0.15, 0.2) is 0 Å². The van der Waals surface area contributed by atoms with E-state index in [4.69, 9.17) is 34.8 Å². The number of halogens is 3. The Bertz CT molecular complexity index is 862. The molecule has 2 aromatic carbocycles. The highest BCUT2D eigenvalue weighted by Gasteiger charge is 2.25. The molecule has 30 heavy (non-hydrogen) atoms. The third-order valence-electron chi connectivity index (χ3n) is 4.46. The number of nitrogens with one attached hydrogen (secondary N) is 1. The predicted molar refractivity (Wildman–Crippen MR) is 127 cm³/mol. The fourth-order valence-corrected chi connectivity index (χ4v) is 4.04. The van der Waals surface area contributed by atoms with Crippen LogP contribution in [-0.4, -0.2) is 35.1 Å². The van der Waals surface area contributed by atoms with Crippen LogP contribution in [0.4, 0.5) is 0 Å². The van der Waals surface area contributed by atoms with E-state index < -0.39 is 6.04 Å². The first-order valence-electron chi connectivity index (χ1n) is 9.65. The van der Waals surface area contributed by atoms with Crippen molar-refractivity contribution < 1.29 is 9.59 Å². The van der Waals surface area contributed by atoms with Crippen molar-refractivity contribution in [1.29, 1.82) is 0 Å². The highest BCUT2D eigenvalue weighted by Crippen LogP contribution is 2.25. The maximum absolute atomic E-state index is 13.0. The minimum absolute atomic E-state index is 0.103. The Balaban J connectivity index is 2.05. The first-order chi connectivity index (χ1) is 14.3. The van der Waals surface area contributed by atoms with Gasteiger partial charge in [0.2, 0.25) is 11.8 Å². The number of benzene rings is 2. The molecule has 0 aliphatic rings. The maximum atomic E-state index is 13.0. The second kappa shape index (κ2) is 12.5. The molecule has 0 aliphatic heterocycles. The quantitative estimate of drug-likeness (QED) is 0.459. The van der Waals surface area contributed by atoms with Crippen LogP contribution in [0, 0.1) is 0 Å². The third-order valence-corrected chi connectivity index (χ3v) is 6.44. The molecule has 0 spiro atoms. The standard InChI is InChI=1S/C22H25Cl3N2O2S/c1-3-10-26-22(29)15(2)27(12-16-4-7-18(23)8-5-16)21(28)14-30-13-17-6-9-19(24)20(25)11-17/h4-9,11,15H,3,10,12-14H2,1-2H3,(H,26,29)/t15-/m1/s1. The second-order valence-electron chi connectivity index (χ2n) is 6.86. The van der Waals surface area contributed by atoms with Crippen LogP contribution in [0.5, 0.6) is 0 Å². The molecule has 0 unspecified atom stereocenters. The molecule has 0 heterocycles. The number of nitrogens with zero attached hydrogens (tertiary/aromatic N) is 1. The molecule has 4 nitrogen and oxygen atoms in total. The molecule has 1 atom stereocenters. The number of amides is 2. The number of carbonyl (C=O) groups excluding carboxylic acids is 2. The van der Waals surface area contributed by atoms with Crippen molar-refractivity contribution in [1.82, 2.24) is 10.2 Å². The average Bonchev–Trinajstić information content (AvgIpc) is 2.73. The van der Waals surface area contributed by atoms with Crippen LogP contribution in [0.3, 0.4) is 0 Å². The summed E-state index contributed by atoms with van der Waals surface area (Å²) >= 11 is 19.4. The maximum Gasteiger partial charge on any atom is 0.242 e. The van der Waals surface area contributed by atoms with E-state index in [9.17, 15) is 9.59 Å². The lowest BCUT2D eigenvalue weighted by molar-refractivity contribution is -0.138. The summed E-state index contributed by atoms with van der Waals surface area (Å²) in [6.07, 6.45) is 0.836. The first-order valence-corrected chi connectivity index (χ1v) is 11.9. The number of thioether (sulfide) groups is 1. The highest BCUT2D eigenvalue weighted by atomic mass is 35.5. The van der Waals surface area contributed by atoms with Crippen LogP contribution in [0.1, 0.15) is 31.4 Å². The van der Waals surface area contributed by atoms with Gasteiger partial charge in [0, 0.05) is 23.9 Å². The van der Waals surface area contributed by atoms with E-state index >= 15 is 0 Å². The number of carbonyl (C=O) groups is 2. The largest absolute Gasteiger partial charge is 0.354 e. The van der Waals surface area contributed by atoms with Crippen LogP contribution in [-0.2, 0) is 21.9 Å². The molecule has 8 heteroatoms. The minimum atomic E-state index is -0.578. The summed E-state index contributed by atoms with van der Waals surface area (Å²) in [4.78, 5) is 27.1. The molecule has 0 aromatic heterocycles. The second-order valence-corrected chi connectivity index (χ2v) is 9.09. The fraction of sp³-hybridized carbons (Fsp3) is 0.364. The SMILES string of the molecule is CCCNC(=O)[C@@H](C)N(Cc1ccc(Cl)cc1)C(=O)CSCc1ccc(Cl)c(Cl)c1. The van der Waals surface area contributed by atoms with Gasteiger partial charge in [0.1, 0.15) is 6.04 Å².